The second kappa shape index (κ2) is 7.76. The number of carbonyl (C=O) groups excluding carboxylic acids is 1. The second-order valence-electron chi connectivity index (χ2n) is 8.74. The zero-order valence-corrected chi connectivity index (χ0v) is 17.7. The first-order chi connectivity index (χ1) is 15.0. The third-order valence-electron chi connectivity index (χ3n) is 5.79. The maximum absolute atomic E-state index is 13.1. The van der Waals surface area contributed by atoms with Crippen LogP contribution in [0.1, 0.15) is 37.0 Å². The van der Waals surface area contributed by atoms with Gasteiger partial charge in [-0.05, 0) is 24.5 Å². The number of alkyl halides is 1. The minimum Gasteiger partial charge on any atom is -0.367 e. The molecule has 1 aliphatic carbocycles. The number of fused-ring (bicyclic) bond motifs is 3. The summed E-state index contributed by atoms with van der Waals surface area (Å²) in [7, 11) is 0. The van der Waals surface area contributed by atoms with Crippen molar-refractivity contribution in [2.45, 2.75) is 32.9 Å². The summed E-state index contributed by atoms with van der Waals surface area (Å²) in [6.45, 7) is 5.12. The van der Waals surface area contributed by atoms with Crippen molar-refractivity contribution >= 4 is 28.3 Å². The van der Waals surface area contributed by atoms with E-state index in [1.54, 1.807) is 0 Å². The van der Waals surface area contributed by atoms with Gasteiger partial charge in [0.25, 0.3) is 0 Å². The van der Waals surface area contributed by atoms with Crippen molar-refractivity contribution in [2.75, 3.05) is 11.9 Å². The van der Waals surface area contributed by atoms with Crippen LogP contribution < -0.4 is 5.32 Å². The lowest BCUT2D eigenvalue weighted by Crippen LogP contribution is -2.11. The Morgan fingerprint density at radius 1 is 1.19 bits per heavy atom. The van der Waals surface area contributed by atoms with Crippen LogP contribution in [0.5, 0.6) is 0 Å². The molecule has 5 rings (SSSR count). The number of aromatic nitrogens is 3. The Balaban J connectivity index is 1.54. The van der Waals surface area contributed by atoms with Crippen LogP contribution in [0.4, 0.5) is 10.2 Å². The lowest BCUT2D eigenvalue weighted by molar-refractivity contribution is 0.0972. The number of halogens is 1. The highest BCUT2D eigenvalue weighted by atomic mass is 19.1. The van der Waals surface area contributed by atoms with E-state index in [1.807, 2.05) is 54.7 Å². The van der Waals surface area contributed by atoms with Gasteiger partial charge in [0.15, 0.2) is 17.2 Å². The smallest absolute Gasteiger partial charge is 0.181 e. The van der Waals surface area contributed by atoms with Crippen molar-refractivity contribution in [2.24, 2.45) is 11.8 Å². The predicted octanol–water partition coefficient (Wildman–Crippen LogP) is 5.55. The summed E-state index contributed by atoms with van der Waals surface area (Å²) in [5.41, 5.74) is 5.16. The van der Waals surface area contributed by atoms with Crippen LogP contribution >= 0.6 is 0 Å². The standard InChI is InChI=1S/C25H25FN4O/c1-15(2)13-27-24-25-28-14-22(30(25)21-6-4-3-5-20(21)29-24)16-7-9-17(10-8-16)23(31)12-18-11-19(18)26/h3-10,14-15,18-19H,11-13H2,1-2H3,(H,27,29). The fourth-order valence-electron chi connectivity index (χ4n) is 3.91. The SMILES string of the molecule is CC(C)CNc1nc2ccccc2n2c(-c3ccc(C(=O)CC4CC4F)cc3)cnc12. The lowest BCUT2D eigenvalue weighted by atomic mass is 10.0. The normalized spacial score (nSPS) is 18.1. The molecule has 1 saturated carbocycles. The quantitative estimate of drug-likeness (QED) is 0.401. The Morgan fingerprint density at radius 2 is 1.94 bits per heavy atom. The summed E-state index contributed by atoms with van der Waals surface area (Å²) < 4.78 is 15.2. The van der Waals surface area contributed by atoms with Crippen LogP contribution in [0.2, 0.25) is 0 Å². The highest BCUT2D eigenvalue weighted by Crippen LogP contribution is 2.37. The number of rotatable bonds is 7. The van der Waals surface area contributed by atoms with Gasteiger partial charge < -0.3 is 5.32 Å². The zero-order valence-electron chi connectivity index (χ0n) is 17.7. The van der Waals surface area contributed by atoms with E-state index in [1.165, 1.54) is 0 Å². The Morgan fingerprint density at radius 3 is 2.65 bits per heavy atom. The molecule has 0 spiro atoms. The number of ketones is 1. The van der Waals surface area contributed by atoms with E-state index < -0.39 is 6.17 Å². The van der Waals surface area contributed by atoms with Crippen LogP contribution in [0, 0.1) is 11.8 Å². The molecule has 31 heavy (non-hydrogen) atoms. The average Bonchev–Trinajstić information content (AvgIpc) is 3.28. The molecule has 158 valence electrons. The summed E-state index contributed by atoms with van der Waals surface area (Å²) in [5.74, 6) is 1.15. The minimum absolute atomic E-state index is 0.00432. The van der Waals surface area contributed by atoms with Gasteiger partial charge in [-0.2, -0.15) is 0 Å². The molecule has 2 unspecified atom stereocenters. The highest BCUT2D eigenvalue weighted by molar-refractivity contribution is 5.97. The highest BCUT2D eigenvalue weighted by Gasteiger charge is 2.38. The number of hydrogen-bond donors (Lipinski definition) is 1. The Bertz CT molecular complexity index is 1260. The molecule has 5 nitrogen and oxygen atoms in total. The summed E-state index contributed by atoms with van der Waals surface area (Å²) >= 11 is 0. The van der Waals surface area contributed by atoms with E-state index in [4.69, 9.17) is 4.98 Å². The number of nitrogens with zero attached hydrogens (tertiary/aromatic N) is 3. The van der Waals surface area contributed by atoms with E-state index in [9.17, 15) is 9.18 Å². The predicted molar refractivity (Wildman–Crippen MR) is 121 cm³/mol. The van der Waals surface area contributed by atoms with E-state index >= 15 is 0 Å². The van der Waals surface area contributed by atoms with Crippen molar-refractivity contribution in [1.29, 1.82) is 0 Å². The molecule has 0 radical (unpaired) electrons. The number of anilines is 1. The van der Waals surface area contributed by atoms with Gasteiger partial charge in [-0.1, -0.05) is 50.2 Å². The molecule has 4 aromatic rings. The summed E-state index contributed by atoms with van der Waals surface area (Å²) in [6.07, 6.45) is 1.84. The first-order valence-corrected chi connectivity index (χ1v) is 10.8. The van der Waals surface area contributed by atoms with Crippen molar-refractivity contribution < 1.29 is 9.18 Å². The van der Waals surface area contributed by atoms with Crippen LogP contribution in [0.15, 0.2) is 54.7 Å². The molecule has 0 saturated heterocycles. The fourth-order valence-corrected chi connectivity index (χ4v) is 3.91. The van der Waals surface area contributed by atoms with Crippen molar-refractivity contribution in [3.8, 4) is 11.3 Å². The number of imidazole rings is 1. The summed E-state index contributed by atoms with van der Waals surface area (Å²) in [4.78, 5) is 21.9. The topological polar surface area (TPSA) is 59.3 Å². The van der Waals surface area contributed by atoms with Gasteiger partial charge >= 0.3 is 0 Å². The van der Waals surface area contributed by atoms with Crippen LogP contribution in [0.3, 0.4) is 0 Å². The summed E-state index contributed by atoms with van der Waals surface area (Å²) in [5, 5.41) is 3.43. The van der Waals surface area contributed by atoms with Gasteiger partial charge in [-0.15, -0.1) is 0 Å². The largest absolute Gasteiger partial charge is 0.367 e. The molecule has 6 heteroatoms. The minimum atomic E-state index is -0.804. The van der Waals surface area contributed by atoms with E-state index in [0.717, 1.165) is 40.3 Å². The van der Waals surface area contributed by atoms with Crippen molar-refractivity contribution in [1.82, 2.24) is 14.4 Å². The number of hydrogen-bond acceptors (Lipinski definition) is 4. The third-order valence-corrected chi connectivity index (χ3v) is 5.79. The molecule has 1 fully saturated rings. The number of nitrogens with one attached hydrogen (secondary N) is 1. The number of para-hydroxylation sites is 2. The van der Waals surface area contributed by atoms with E-state index in [2.05, 4.69) is 28.5 Å². The lowest BCUT2D eigenvalue weighted by Gasteiger charge is -2.12. The second-order valence-corrected chi connectivity index (χ2v) is 8.74. The van der Waals surface area contributed by atoms with Gasteiger partial charge in [-0.3, -0.25) is 9.20 Å². The van der Waals surface area contributed by atoms with Crippen LogP contribution in [-0.4, -0.2) is 32.9 Å². The molecular formula is C25H25FN4O. The average molecular weight is 417 g/mol. The molecule has 2 aromatic heterocycles. The molecule has 0 aliphatic heterocycles. The molecule has 2 heterocycles. The third kappa shape index (κ3) is 3.78. The number of carbonyl (C=O) groups is 1. The van der Waals surface area contributed by atoms with Gasteiger partial charge in [0.1, 0.15) is 6.17 Å². The maximum atomic E-state index is 13.1. The molecule has 2 atom stereocenters. The Kier molecular flexibility index (Phi) is 4.93. The van der Waals surface area contributed by atoms with Crippen molar-refractivity contribution in [3.05, 3.63) is 60.3 Å². The zero-order chi connectivity index (χ0) is 21.5. The maximum Gasteiger partial charge on any atom is 0.181 e. The number of benzene rings is 2. The van der Waals surface area contributed by atoms with Gasteiger partial charge in [0, 0.05) is 30.0 Å². The molecule has 1 aliphatic rings. The summed E-state index contributed by atoms with van der Waals surface area (Å²) in [6, 6.07) is 15.5. The molecule has 2 aromatic carbocycles. The van der Waals surface area contributed by atoms with E-state index in [-0.39, 0.29) is 18.1 Å². The van der Waals surface area contributed by atoms with Gasteiger partial charge in [0.05, 0.1) is 22.9 Å². The first kappa shape index (κ1) is 19.7. The van der Waals surface area contributed by atoms with E-state index in [0.29, 0.717) is 17.9 Å². The first-order valence-electron chi connectivity index (χ1n) is 10.8. The van der Waals surface area contributed by atoms with Gasteiger partial charge in [0.2, 0.25) is 0 Å². The number of Topliss-reactive ketones (excluding diaryl/α,β-unsaturated/α-hetero) is 1. The van der Waals surface area contributed by atoms with Gasteiger partial charge in [-0.25, -0.2) is 14.4 Å². The van der Waals surface area contributed by atoms with Crippen molar-refractivity contribution in [3.63, 3.8) is 0 Å². The molecule has 0 bridgehead atoms. The monoisotopic (exact) mass is 416 g/mol. The molecule has 0 amide bonds. The fraction of sp³-hybridized carbons (Fsp3) is 0.320. The molecular weight excluding hydrogens is 391 g/mol. The van der Waals surface area contributed by atoms with Crippen LogP contribution in [-0.2, 0) is 0 Å². The Hall–Kier alpha value is -3.28. The van der Waals surface area contributed by atoms with Crippen LogP contribution in [0.25, 0.3) is 27.9 Å². The Labute approximate surface area is 180 Å². The molecule has 1 N–H and O–H groups in total.